The summed E-state index contributed by atoms with van der Waals surface area (Å²) in [5.74, 6) is 1.16. The van der Waals surface area contributed by atoms with Gasteiger partial charge in [0, 0.05) is 0 Å². The Morgan fingerprint density at radius 2 is 2.20 bits per heavy atom. The van der Waals surface area contributed by atoms with Crippen LogP contribution in [0, 0.1) is 6.92 Å². The van der Waals surface area contributed by atoms with E-state index in [0.717, 1.165) is 11.8 Å². The molecule has 0 amide bonds. The first-order chi connectivity index (χ1) is 11.8. The van der Waals surface area contributed by atoms with Crippen molar-refractivity contribution < 1.29 is 26.7 Å². The minimum atomic E-state index is -4.00. The largest absolute Gasteiger partial charge is 0.493 e. The predicted molar refractivity (Wildman–Crippen MR) is 84.5 cm³/mol. The molecular formula is C15H17F2N3O4S. The Labute approximate surface area is 143 Å². The van der Waals surface area contributed by atoms with Crippen LogP contribution in [0.2, 0.25) is 0 Å². The average Bonchev–Trinajstić information content (AvgIpc) is 2.96. The number of fused-ring (bicyclic) bond motifs is 1. The molecule has 3 rings (SSSR count). The minimum Gasteiger partial charge on any atom is -0.493 e. The molecule has 0 saturated carbocycles. The zero-order valence-electron chi connectivity index (χ0n) is 13.6. The number of sulfonamides is 1. The van der Waals surface area contributed by atoms with Crippen LogP contribution >= 0.6 is 0 Å². The van der Waals surface area contributed by atoms with Gasteiger partial charge in [-0.2, -0.15) is 13.9 Å². The van der Waals surface area contributed by atoms with Crippen molar-refractivity contribution in [3.8, 4) is 11.5 Å². The van der Waals surface area contributed by atoms with E-state index >= 15 is 0 Å². The van der Waals surface area contributed by atoms with Gasteiger partial charge in [0.15, 0.2) is 11.5 Å². The molecule has 0 bridgehead atoms. The minimum absolute atomic E-state index is 0.106. The number of para-hydroxylation sites is 1. The predicted octanol–water partition coefficient (Wildman–Crippen LogP) is 1.88. The van der Waals surface area contributed by atoms with Crippen molar-refractivity contribution in [2.45, 2.75) is 30.8 Å². The number of hydrogen-bond acceptors (Lipinski definition) is 5. The van der Waals surface area contributed by atoms with Crippen molar-refractivity contribution in [1.82, 2.24) is 14.5 Å². The van der Waals surface area contributed by atoms with Gasteiger partial charge in [0.25, 0.3) is 0 Å². The van der Waals surface area contributed by atoms with Gasteiger partial charge in [-0.3, -0.25) is 0 Å². The third-order valence-electron chi connectivity index (χ3n) is 3.97. The fourth-order valence-electron chi connectivity index (χ4n) is 2.78. The van der Waals surface area contributed by atoms with Crippen molar-refractivity contribution in [3.05, 3.63) is 35.7 Å². The molecule has 0 radical (unpaired) electrons. The van der Waals surface area contributed by atoms with Crippen LogP contribution in [0.3, 0.4) is 0 Å². The zero-order valence-corrected chi connectivity index (χ0v) is 14.4. The number of alkyl halides is 2. The Bertz CT molecular complexity index is 883. The highest BCUT2D eigenvalue weighted by molar-refractivity contribution is 7.89. The first-order valence-electron chi connectivity index (χ1n) is 7.46. The van der Waals surface area contributed by atoms with Gasteiger partial charge in [-0.05, 0) is 25.0 Å². The molecule has 0 saturated heterocycles. The molecule has 0 unspecified atom stereocenters. The Morgan fingerprint density at radius 3 is 2.84 bits per heavy atom. The summed E-state index contributed by atoms with van der Waals surface area (Å²) in [6.45, 7) is -1.51. The maximum atomic E-state index is 12.8. The molecule has 7 nitrogen and oxygen atoms in total. The second-order valence-electron chi connectivity index (χ2n) is 5.60. The number of halogens is 2. The van der Waals surface area contributed by atoms with Crippen molar-refractivity contribution in [3.63, 3.8) is 0 Å². The summed E-state index contributed by atoms with van der Waals surface area (Å²) in [7, 11) is -2.47. The number of hydrogen-bond donors (Lipinski definition) is 1. The summed E-state index contributed by atoms with van der Waals surface area (Å²) in [4.78, 5) is -0.274. The highest BCUT2D eigenvalue weighted by Crippen LogP contribution is 2.34. The van der Waals surface area contributed by atoms with Gasteiger partial charge in [0.2, 0.25) is 10.0 Å². The van der Waals surface area contributed by atoms with E-state index in [0.29, 0.717) is 22.6 Å². The highest BCUT2D eigenvalue weighted by Gasteiger charge is 2.29. The summed E-state index contributed by atoms with van der Waals surface area (Å²) in [5, 5.41) is 3.43. The molecule has 0 spiro atoms. The number of nitrogens with one attached hydrogen (secondary N) is 1. The molecule has 2 aromatic rings. The summed E-state index contributed by atoms with van der Waals surface area (Å²) in [6.07, 6.45) is 1.32. The van der Waals surface area contributed by atoms with Crippen molar-refractivity contribution >= 4 is 10.0 Å². The van der Waals surface area contributed by atoms with Gasteiger partial charge >= 0.3 is 6.55 Å². The smallest absolute Gasteiger partial charge is 0.333 e. The second-order valence-corrected chi connectivity index (χ2v) is 7.28. The molecule has 1 atom stereocenters. The van der Waals surface area contributed by atoms with Crippen LogP contribution in [0.1, 0.15) is 17.8 Å². The van der Waals surface area contributed by atoms with Gasteiger partial charge in [0.05, 0.1) is 25.0 Å². The van der Waals surface area contributed by atoms with Gasteiger partial charge in [-0.15, -0.1) is 0 Å². The van der Waals surface area contributed by atoms with Gasteiger partial charge in [-0.1, -0.05) is 12.1 Å². The molecule has 2 heterocycles. The lowest BCUT2D eigenvalue weighted by atomic mass is 10.0. The second kappa shape index (κ2) is 6.60. The van der Waals surface area contributed by atoms with Crippen LogP contribution in [0.15, 0.2) is 29.3 Å². The molecule has 1 aliphatic heterocycles. The van der Waals surface area contributed by atoms with E-state index in [1.54, 1.807) is 12.1 Å². The molecular weight excluding hydrogens is 356 g/mol. The van der Waals surface area contributed by atoms with Crippen LogP contribution < -0.4 is 14.2 Å². The Hall–Kier alpha value is -2.20. The number of benzene rings is 1. The van der Waals surface area contributed by atoms with Gasteiger partial charge < -0.3 is 9.47 Å². The van der Waals surface area contributed by atoms with Crippen LogP contribution in [-0.2, 0) is 16.4 Å². The topological polar surface area (TPSA) is 82.4 Å². The molecule has 1 aromatic heterocycles. The number of methoxy groups -OCH3 is 1. The van der Waals surface area contributed by atoms with Crippen LogP contribution in [0.5, 0.6) is 11.5 Å². The summed E-state index contributed by atoms with van der Waals surface area (Å²) < 4.78 is 64.3. The molecule has 0 fully saturated rings. The number of nitrogens with zero attached hydrogens (tertiary/aromatic N) is 2. The Kier molecular flexibility index (Phi) is 4.65. The standard InChI is InChI=1S/C15H17F2N3O4S/c1-9-13(7-18-20(9)15(16)17)25(21,22)19-11-6-10-4-3-5-12(23-2)14(10)24-8-11/h3-5,7,11,15,19H,6,8H2,1-2H3/t11-/m1/s1. The molecule has 1 aliphatic rings. The highest BCUT2D eigenvalue weighted by atomic mass is 32.2. The fraction of sp³-hybridized carbons (Fsp3) is 0.400. The molecule has 1 N–H and O–H groups in total. The summed E-state index contributed by atoms with van der Waals surface area (Å²) in [6, 6.07) is 4.83. The molecule has 1 aromatic carbocycles. The van der Waals surface area contributed by atoms with E-state index in [1.807, 2.05) is 6.07 Å². The van der Waals surface area contributed by atoms with Crippen molar-refractivity contribution in [2.75, 3.05) is 13.7 Å². The number of rotatable bonds is 5. The lowest BCUT2D eigenvalue weighted by molar-refractivity contribution is 0.0541. The van der Waals surface area contributed by atoms with Crippen LogP contribution in [0.25, 0.3) is 0 Å². The quantitative estimate of drug-likeness (QED) is 0.865. The third kappa shape index (κ3) is 3.31. The monoisotopic (exact) mass is 373 g/mol. The van der Waals surface area contributed by atoms with E-state index in [1.165, 1.54) is 14.0 Å². The summed E-state index contributed by atoms with van der Waals surface area (Å²) >= 11 is 0. The van der Waals surface area contributed by atoms with E-state index in [9.17, 15) is 17.2 Å². The van der Waals surface area contributed by atoms with Gasteiger partial charge in [-0.25, -0.2) is 17.8 Å². The SMILES string of the molecule is COc1cccc2c1OC[C@H](NS(=O)(=O)c1cnn(C(F)F)c1C)C2. The van der Waals surface area contributed by atoms with E-state index in [-0.39, 0.29) is 17.2 Å². The maximum Gasteiger partial charge on any atom is 0.333 e. The lowest BCUT2D eigenvalue weighted by Crippen LogP contribution is -2.42. The zero-order chi connectivity index (χ0) is 18.2. The maximum absolute atomic E-state index is 12.8. The van der Waals surface area contributed by atoms with Crippen molar-refractivity contribution in [2.24, 2.45) is 0 Å². The first-order valence-corrected chi connectivity index (χ1v) is 8.95. The van der Waals surface area contributed by atoms with Crippen molar-refractivity contribution in [1.29, 1.82) is 0 Å². The molecule has 10 heteroatoms. The molecule has 136 valence electrons. The first kappa shape index (κ1) is 17.6. The number of aromatic nitrogens is 2. The number of ether oxygens (including phenoxy) is 2. The Morgan fingerprint density at radius 1 is 1.44 bits per heavy atom. The van der Waals surface area contributed by atoms with Crippen LogP contribution in [-0.4, -0.2) is 38.0 Å². The van der Waals surface area contributed by atoms with Gasteiger partial charge in [0.1, 0.15) is 11.5 Å². The normalized spacial score (nSPS) is 17.2. The third-order valence-corrected chi connectivity index (χ3v) is 5.59. The molecule has 0 aliphatic carbocycles. The van der Waals surface area contributed by atoms with E-state index in [2.05, 4.69) is 9.82 Å². The average molecular weight is 373 g/mol. The molecule has 25 heavy (non-hydrogen) atoms. The van der Waals surface area contributed by atoms with Crippen LogP contribution in [0.4, 0.5) is 8.78 Å². The Balaban J connectivity index is 1.81. The summed E-state index contributed by atoms with van der Waals surface area (Å²) in [5.41, 5.74) is 0.680. The lowest BCUT2D eigenvalue weighted by Gasteiger charge is -2.27. The van der Waals surface area contributed by atoms with E-state index < -0.39 is 22.6 Å². The fourth-order valence-corrected chi connectivity index (χ4v) is 4.17. The van der Waals surface area contributed by atoms with E-state index in [4.69, 9.17) is 9.47 Å².